The highest BCUT2D eigenvalue weighted by Gasteiger charge is 2.48. The molecule has 3 rings (SSSR count). The number of fused-ring (bicyclic) bond motifs is 2. The summed E-state index contributed by atoms with van der Waals surface area (Å²) >= 11 is 0. The second kappa shape index (κ2) is 4.44. The largest absolute Gasteiger partial charge is 0.492 e. The van der Waals surface area contributed by atoms with Crippen LogP contribution in [0.15, 0.2) is 6.07 Å². The van der Waals surface area contributed by atoms with Gasteiger partial charge in [-0.05, 0) is 25.1 Å². The molecule has 0 saturated carbocycles. The van der Waals surface area contributed by atoms with Gasteiger partial charge in [-0.25, -0.2) is 0 Å². The Labute approximate surface area is 114 Å². The van der Waals surface area contributed by atoms with Crippen LogP contribution in [0.5, 0.6) is 17.2 Å². The van der Waals surface area contributed by atoms with Crippen molar-refractivity contribution in [3.05, 3.63) is 17.2 Å². The van der Waals surface area contributed by atoms with Crippen molar-refractivity contribution in [3.63, 3.8) is 0 Å². The molecule has 0 radical (unpaired) electrons. The molecule has 1 aromatic rings. The van der Waals surface area contributed by atoms with Crippen LogP contribution in [0.3, 0.4) is 0 Å². The summed E-state index contributed by atoms with van der Waals surface area (Å²) in [4.78, 5) is 1.28. The fourth-order valence-corrected chi connectivity index (χ4v) is 2.85. The third kappa shape index (κ3) is 1.88. The molecule has 7 heteroatoms. The summed E-state index contributed by atoms with van der Waals surface area (Å²) in [7, 11) is 2.81. The molecule has 0 aliphatic carbocycles. The van der Waals surface area contributed by atoms with Crippen LogP contribution in [0.4, 0.5) is 13.2 Å². The highest BCUT2D eigenvalue weighted by atomic mass is 19.4. The first-order valence-electron chi connectivity index (χ1n) is 6.19. The van der Waals surface area contributed by atoms with Crippen LogP contribution in [0.25, 0.3) is 0 Å². The molecule has 1 aromatic carbocycles. The number of rotatable bonds is 1. The zero-order valence-electron chi connectivity index (χ0n) is 11.1. The predicted octanol–water partition coefficient (Wildman–Crippen LogP) is 2.52. The highest BCUT2D eigenvalue weighted by Crippen LogP contribution is 2.52. The van der Waals surface area contributed by atoms with Crippen molar-refractivity contribution < 1.29 is 27.4 Å². The van der Waals surface area contributed by atoms with Crippen molar-refractivity contribution in [1.82, 2.24) is 4.90 Å². The van der Waals surface area contributed by atoms with Crippen LogP contribution < -0.4 is 14.2 Å². The number of ether oxygens (including phenoxy) is 3. The summed E-state index contributed by atoms with van der Waals surface area (Å²) in [6, 6.07) is -0.0537. The number of nitrogens with zero attached hydrogens (tertiary/aromatic N) is 1. The molecule has 0 aromatic heterocycles. The monoisotopic (exact) mass is 289 g/mol. The lowest BCUT2D eigenvalue weighted by molar-refractivity contribution is -0.185. The van der Waals surface area contributed by atoms with Gasteiger partial charge >= 0.3 is 6.18 Å². The maximum Gasteiger partial charge on any atom is 0.408 e. The number of halogens is 3. The SMILES string of the molecule is COc1c2c(cc3c1[C@@H](C(F)(F)F)N(C)CC3)OCO2. The van der Waals surface area contributed by atoms with Gasteiger partial charge in [-0.3, -0.25) is 4.90 Å². The third-order valence-electron chi connectivity index (χ3n) is 3.71. The minimum Gasteiger partial charge on any atom is -0.492 e. The van der Waals surface area contributed by atoms with Crippen molar-refractivity contribution in [2.24, 2.45) is 0 Å². The number of hydrogen-bond donors (Lipinski definition) is 0. The molecule has 2 heterocycles. The number of likely N-dealkylation sites (N-methyl/N-ethyl adjacent to an activating group) is 1. The maximum absolute atomic E-state index is 13.4. The van der Waals surface area contributed by atoms with Gasteiger partial charge in [0.15, 0.2) is 11.5 Å². The van der Waals surface area contributed by atoms with Gasteiger partial charge in [-0.1, -0.05) is 0 Å². The van der Waals surface area contributed by atoms with Crippen molar-refractivity contribution in [3.8, 4) is 17.2 Å². The van der Waals surface area contributed by atoms with Crippen LogP contribution in [0.2, 0.25) is 0 Å². The van der Waals surface area contributed by atoms with Crippen molar-refractivity contribution in [1.29, 1.82) is 0 Å². The third-order valence-corrected chi connectivity index (χ3v) is 3.71. The number of alkyl halides is 3. The van der Waals surface area contributed by atoms with Gasteiger partial charge in [-0.2, -0.15) is 13.2 Å². The lowest BCUT2D eigenvalue weighted by Gasteiger charge is -2.36. The molecule has 0 N–H and O–H groups in total. The van der Waals surface area contributed by atoms with Crippen LogP contribution in [0.1, 0.15) is 17.2 Å². The minimum absolute atomic E-state index is 0.00110. The van der Waals surface area contributed by atoms with Gasteiger partial charge in [0.05, 0.1) is 7.11 Å². The van der Waals surface area contributed by atoms with Crippen LogP contribution in [0, 0.1) is 0 Å². The smallest absolute Gasteiger partial charge is 0.408 e. The molecule has 110 valence electrons. The standard InChI is InChI=1S/C13H14F3NO3/c1-17-4-3-7-5-8-10(20-6-19-8)11(18-2)9(7)12(17)13(14,15)16/h5,12H,3-4,6H2,1-2H3/t12-/m0/s1. The Hall–Kier alpha value is -1.63. The van der Waals surface area contributed by atoms with Gasteiger partial charge in [0.1, 0.15) is 6.04 Å². The molecule has 2 aliphatic rings. The van der Waals surface area contributed by atoms with E-state index < -0.39 is 12.2 Å². The van der Waals surface area contributed by atoms with Gasteiger partial charge < -0.3 is 14.2 Å². The van der Waals surface area contributed by atoms with Crippen LogP contribution >= 0.6 is 0 Å². The Balaban J connectivity index is 2.23. The molecule has 0 spiro atoms. The van der Waals surface area contributed by atoms with E-state index in [1.807, 2.05) is 0 Å². The zero-order valence-corrected chi connectivity index (χ0v) is 11.1. The fourth-order valence-electron chi connectivity index (χ4n) is 2.85. The molecular weight excluding hydrogens is 275 g/mol. The molecule has 20 heavy (non-hydrogen) atoms. The first kappa shape index (κ1) is 13.4. The van der Waals surface area contributed by atoms with E-state index in [0.717, 1.165) is 0 Å². The molecule has 0 bridgehead atoms. The number of benzene rings is 1. The average molecular weight is 289 g/mol. The predicted molar refractivity (Wildman–Crippen MR) is 64.2 cm³/mol. The quantitative estimate of drug-likeness (QED) is 0.795. The van der Waals surface area contributed by atoms with Crippen molar-refractivity contribution >= 4 is 0 Å². The van der Waals surface area contributed by atoms with Gasteiger partial charge in [0, 0.05) is 12.1 Å². The average Bonchev–Trinajstić information content (AvgIpc) is 2.82. The minimum atomic E-state index is -4.37. The summed E-state index contributed by atoms with van der Waals surface area (Å²) in [5.41, 5.74) is 0.740. The molecule has 4 nitrogen and oxygen atoms in total. The molecule has 2 aliphatic heterocycles. The van der Waals surface area contributed by atoms with E-state index in [1.165, 1.54) is 19.1 Å². The van der Waals surface area contributed by atoms with E-state index in [4.69, 9.17) is 14.2 Å². The second-order valence-electron chi connectivity index (χ2n) is 4.89. The summed E-state index contributed by atoms with van der Waals surface area (Å²) in [6.07, 6.45) is -3.85. The fraction of sp³-hybridized carbons (Fsp3) is 0.538. The Morgan fingerprint density at radius 3 is 2.75 bits per heavy atom. The second-order valence-corrected chi connectivity index (χ2v) is 4.89. The topological polar surface area (TPSA) is 30.9 Å². The van der Waals surface area contributed by atoms with Crippen molar-refractivity contribution in [2.75, 3.05) is 27.5 Å². The van der Waals surface area contributed by atoms with Gasteiger partial charge in [0.2, 0.25) is 12.5 Å². The Morgan fingerprint density at radius 1 is 1.35 bits per heavy atom. The lowest BCUT2D eigenvalue weighted by atomic mass is 9.91. The molecule has 0 saturated heterocycles. The lowest BCUT2D eigenvalue weighted by Crippen LogP contribution is -2.41. The normalized spacial score (nSPS) is 21.8. The van der Waals surface area contributed by atoms with E-state index in [1.54, 1.807) is 6.07 Å². The summed E-state index contributed by atoms with van der Waals surface area (Å²) in [5.74, 6) is 0.839. The van der Waals surface area contributed by atoms with Crippen LogP contribution in [-0.4, -0.2) is 38.6 Å². The van der Waals surface area contributed by atoms with E-state index in [9.17, 15) is 13.2 Å². The zero-order chi connectivity index (χ0) is 14.5. The van der Waals surface area contributed by atoms with Gasteiger partial charge in [-0.15, -0.1) is 0 Å². The first-order valence-corrected chi connectivity index (χ1v) is 6.19. The van der Waals surface area contributed by atoms with E-state index >= 15 is 0 Å². The summed E-state index contributed by atoms with van der Waals surface area (Å²) in [5, 5.41) is 0. The summed E-state index contributed by atoms with van der Waals surface area (Å²) in [6.45, 7) is 0.334. The van der Waals surface area contributed by atoms with E-state index in [0.29, 0.717) is 24.3 Å². The molecule has 0 fully saturated rings. The summed E-state index contributed by atoms with van der Waals surface area (Å²) < 4.78 is 55.8. The Kier molecular flexibility index (Phi) is 2.97. The Morgan fingerprint density at radius 2 is 2.10 bits per heavy atom. The first-order chi connectivity index (χ1) is 9.43. The number of methoxy groups -OCH3 is 1. The van der Waals surface area contributed by atoms with Crippen molar-refractivity contribution in [2.45, 2.75) is 18.6 Å². The molecule has 0 amide bonds. The van der Waals surface area contributed by atoms with E-state index in [-0.39, 0.29) is 23.9 Å². The van der Waals surface area contributed by atoms with E-state index in [2.05, 4.69) is 0 Å². The maximum atomic E-state index is 13.4. The molecule has 0 unspecified atom stereocenters. The Bertz CT molecular complexity index is 545. The highest BCUT2D eigenvalue weighted by molar-refractivity contribution is 5.62. The molecular formula is C13H14F3NO3. The number of hydrogen-bond acceptors (Lipinski definition) is 4. The van der Waals surface area contributed by atoms with Gasteiger partial charge in [0.25, 0.3) is 0 Å². The van der Waals surface area contributed by atoms with Crippen LogP contribution in [-0.2, 0) is 6.42 Å². The molecule has 1 atom stereocenters.